The molecule has 1 heterocycles. The Morgan fingerprint density at radius 3 is 2.00 bits per heavy atom. The van der Waals surface area contributed by atoms with Crippen LogP contribution in [0.25, 0.3) is 0 Å². The summed E-state index contributed by atoms with van der Waals surface area (Å²) in [6.45, 7) is 6.42. The molecule has 4 atom stereocenters. The molecule has 1 fully saturated rings. The molecule has 0 aromatic heterocycles. The van der Waals surface area contributed by atoms with E-state index in [1.54, 1.807) is 0 Å². The molecule has 1 nitrogen and oxygen atoms in total. The van der Waals surface area contributed by atoms with Gasteiger partial charge in [0.05, 0.1) is 6.10 Å². The second kappa shape index (κ2) is 2.64. The lowest BCUT2D eigenvalue weighted by atomic mass is 9.91. The van der Waals surface area contributed by atoms with E-state index in [4.69, 9.17) is 11.2 Å². The third-order valence-corrected chi connectivity index (χ3v) is 2.57. The highest BCUT2D eigenvalue weighted by molar-refractivity contribution is 5.02. The van der Waals surface area contributed by atoms with Crippen molar-refractivity contribution in [3.8, 4) is 12.3 Å². The minimum Gasteiger partial charge on any atom is -0.362 e. The Morgan fingerprint density at radius 2 is 1.80 bits per heavy atom. The van der Waals surface area contributed by atoms with Crippen molar-refractivity contribution in [1.29, 1.82) is 0 Å². The van der Waals surface area contributed by atoms with Gasteiger partial charge in [0.2, 0.25) is 0 Å². The smallest absolute Gasteiger partial charge is 0.121 e. The van der Waals surface area contributed by atoms with Crippen LogP contribution in [0.1, 0.15) is 20.8 Å². The average molecular weight is 138 g/mol. The molecule has 1 heteroatoms. The van der Waals surface area contributed by atoms with Crippen LogP contribution >= 0.6 is 0 Å². The van der Waals surface area contributed by atoms with E-state index in [2.05, 4.69) is 26.7 Å². The van der Waals surface area contributed by atoms with E-state index in [1.807, 2.05) is 0 Å². The molecule has 0 aromatic carbocycles. The van der Waals surface area contributed by atoms with Crippen LogP contribution in [-0.2, 0) is 4.74 Å². The maximum Gasteiger partial charge on any atom is 0.121 e. The van der Waals surface area contributed by atoms with Gasteiger partial charge in [0.1, 0.15) is 6.10 Å². The van der Waals surface area contributed by atoms with Crippen LogP contribution in [-0.4, -0.2) is 12.2 Å². The van der Waals surface area contributed by atoms with Crippen LogP contribution in [0.15, 0.2) is 0 Å². The highest BCUT2D eigenvalue weighted by atomic mass is 16.5. The van der Waals surface area contributed by atoms with Gasteiger partial charge in [-0.2, -0.15) is 0 Å². The highest BCUT2D eigenvalue weighted by Gasteiger charge is 2.34. The topological polar surface area (TPSA) is 9.23 Å². The predicted molar refractivity (Wildman–Crippen MR) is 41.5 cm³/mol. The van der Waals surface area contributed by atoms with Crippen LogP contribution in [0, 0.1) is 24.2 Å². The first kappa shape index (κ1) is 7.63. The molecular weight excluding hydrogens is 124 g/mol. The second-order valence-electron chi connectivity index (χ2n) is 3.15. The summed E-state index contributed by atoms with van der Waals surface area (Å²) in [7, 11) is 0. The lowest BCUT2D eigenvalue weighted by Gasteiger charge is -2.09. The Bertz CT molecular complexity index is 157. The molecule has 0 amide bonds. The van der Waals surface area contributed by atoms with E-state index in [0.717, 1.165) is 0 Å². The number of hydrogen-bond donors (Lipinski definition) is 0. The molecule has 10 heavy (non-hydrogen) atoms. The van der Waals surface area contributed by atoms with Crippen LogP contribution in [0.2, 0.25) is 0 Å². The molecule has 1 aliphatic heterocycles. The van der Waals surface area contributed by atoms with Gasteiger partial charge in [0.25, 0.3) is 0 Å². The second-order valence-corrected chi connectivity index (χ2v) is 3.15. The van der Waals surface area contributed by atoms with Crippen molar-refractivity contribution < 1.29 is 4.74 Å². The quantitative estimate of drug-likeness (QED) is 0.463. The summed E-state index contributed by atoms with van der Waals surface area (Å²) in [6.07, 6.45) is 5.65. The van der Waals surface area contributed by atoms with Gasteiger partial charge in [0, 0.05) is 0 Å². The Hall–Kier alpha value is -0.480. The molecular formula is C9H14O. The Labute approximate surface area is 62.8 Å². The molecule has 56 valence electrons. The molecule has 0 unspecified atom stereocenters. The summed E-state index contributed by atoms with van der Waals surface area (Å²) in [5.74, 6) is 3.76. The molecule has 0 N–H and O–H groups in total. The molecule has 0 radical (unpaired) electrons. The Morgan fingerprint density at radius 1 is 1.20 bits per heavy atom. The van der Waals surface area contributed by atoms with Gasteiger partial charge in [-0.15, -0.1) is 6.42 Å². The van der Waals surface area contributed by atoms with Crippen molar-refractivity contribution in [1.82, 2.24) is 0 Å². The fraction of sp³-hybridized carbons (Fsp3) is 0.778. The Kier molecular flexibility index (Phi) is 2.01. The third-order valence-electron chi connectivity index (χ3n) is 2.57. The van der Waals surface area contributed by atoms with E-state index in [9.17, 15) is 0 Å². The summed E-state index contributed by atoms with van der Waals surface area (Å²) >= 11 is 0. The third kappa shape index (κ3) is 1.04. The monoisotopic (exact) mass is 138 g/mol. The van der Waals surface area contributed by atoms with E-state index in [0.29, 0.717) is 17.9 Å². The zero-order chi connectivity index (χ0) is 7.72. The summed E-state index contributed by atoms with van der Waals surface area (Å²) in [6, 6.07) is 0. The molecule has 1 saturated heterocycles. The molecule has 1 aliphatic rings. The maximum atomic E-state index is 5.50. The largest absolute Gasteiger partial charge is 0.362 e. The SMILES string of the molecule is C#C[C@H]1O[C@@H](C)[C@H](C)[C@@H]1C. The first-order valence-electron chi connectivity index (χ1n) is 3.78. The van der Waals surface area contributed by atoms with Crippen molar-refractivity contribution in [3.05, 3.63) is 0 Å². The van der Waals surface area contributed by atoms with Gasteiger partial charge in [-0.25, -0.2) is 0 Å². The van der Waals surface area contributed by atoms with E-state index in [1.165, 1.54) is 0 Å². The van der Waals surface area contributed by atoms with Crippen LogP contribution < -0.4 is 0 Å². The summed E-state index contributed by atoms with van der Waals surface area (Å²) in [4.78, 5) is 0. The van der Waals surface area contributed by atoms with Gasteiger partial charge >= 0.3 is 0 Å². The van der Waals surface area contributed by atoms with Crippen molar-refractivity contribution in [2.45, 2.75) is 33.0 Å². The zero-order valence-corrected chi connectivity index (χ0v) is 6.79. The standard InChI is InChI=1S/C9H14O/c1-5-9-7(3)6(2)8(4)10-9/h1,6-9H,2-4H3/t6-,7+,8+,9-/m1/s1. The molecule has 1 rings (SSSR count). The van der Waals surface area contributed by atoms with Gasteiger partial charge < -0.3 is 4.74 Å². The molecule has 0 spiro atoms. The van der Waals surface area contributed by atoms with Crippen LogP contribution in [0.4, 0.5) is 0 Å². The summed E-state index contributed by atoms with van der Waals surface area (Å²) < 4.78 is 5.50. The van der Waals surface area contributed by atoms with Crippen LogP contribution in [0.5, 0.6) is 0 Å². The van der Waals surface area contributed by atoms with Crippen molar-refractivity contribution in [3.63, 3.8) is 0 Å². The van der Waals surface area contributed by atoms with E-state index < -0.39 is 0 Å². The minimum absolute atomic E-state index is 0.0463. The van der Waals surface area contributed by atoms with Crippen molar-refractivity contribution >= 4 is 0 Å². The average Bonchev–Trinajstić information content (AvgIpc) is 2.17. The number of terminal acetylenes is 1. The summed E-state index contributed by atoms with van der Waals surface area (Å²) in [5, 5.41) is 0. The first-order valence-corrected chi connectivity index (χ1v) is 3.78. The predicted octanol–water partition coefficient (Wildman–Crippen LogP) is 1.68. The lowest BCUT2D eigenvalue weighted by Crippen LogP contribution is -2.13. The fourth-order valence-corrected chi connectivity index (χ4v) is 1.37. The van der Waals surface area contributed by atoms with Gasteiger partial charge in [0.15, 0.2) is 0 Å². The fourth-order valence-electron chi connectivity index (χ4n) is 1.37. The van der Waals surface area contributed by atoms with Gasteiger partial charge in [-0.3, -0.25) is 0 Å². The van der Waals surface area contributed by atoms with Crippen molar-refractivity contribution in [2.24, 2.45) is 11.8 Å². The molecule has 0 aliphatic carbocycles. The van der Waals surface area contributed by atoms with Gasteiger partial charge in [-0.1, -0.05) is 19.8 Å². The highest BCUT2D eigenvalue weighted by Crippen LogP contribution is 2.30. The normalized spacial score (nSPS) is 47.0. The minimum atomic E-state index is 0.0463. The number of rotatable bonds is 0. The first-order chi connectivity index (χ1) is 4.66. The lowest BCUT2D eigenvalue weighted by molar-refractivity contribution is 0.0734. The number of hydrogen-bond acceptors (Lipinski definition) is 1. The number of ether oxygens (including phenoxy) is 1. The molecule has 0 aromatic rings. The molecule has 0 saturated carbocycles. The van der Waals surface area contributed by atoms with Crippen LogP contribution in [0.3, 0.4) is 0 Å². The van der Waals surface area contributed by atoms with Gasteiger partial charge in [-0.05, 0) is 18.8 Å². The summed E-state index contributed by atoms with van der Waals surface area (Å²) in [5.41, 5.74) is 0. The van der Waals surface area contributed by atoms with E-state index >= 15 is 0 Å². The zero-order valence-electron chi connectivity index (χ0n) is 6.79. The Balaban J connectivity index is 2.64. The maximum absolute atomic E-state index is 5.50. The van der Waals surface area contributed by atoms with Crippen molar-refractivity contribution in [2.75, 3.05) is 0 Å². The van der Waals surface area contributed by atoms with E-state index in [-0.39, 0.29) is 6.10 Å². The molecule has 0 bridgehead atoms.